The fourth-order valence-electron chi connectivity index (χ4n) is 1.24. The van der Waals surface area contributed by atoms with Crippen LogP contribution in [0.2, 0.25) is 0 Å². The zero-order valence-corrected chi connectivity index (χ0v) is 8.73. The zero-order valence-electron chi connectivity index (χ0n) is 8.73. The highest BCUT2D eigenvalue weighted by molar-refractivity contribution is 6.03. The average Bonchev–Trinajstić information content (AvgIpc) is 2.31. The van der Waals surface area contributed by atoms with Crippen LogP contribution in [0.4, 0.5) is 0 Å². The number of nitrogens with zero attached hydrogens (tertiary/aromatic N) is 1. The van der Waals surface area contributed by atoms with Gasteiger partial charge in [-0.1, -0.05) is 5.16 Å². The molecule has 1 rings (SSSR count). The predicted octanol–water partition coefficient (Wildman–Crippen LogP) is 0.841. The highest BCUT2D eigenvalue weighted by atomic mass is 16.5. The molecule has 0 unspecified atom stereocenters. The number of ether oxygens (including phenoxy) is 2. The quantitative estimate of drug-likeness (QED) is 0.438. The normalized spacial score (nSPS) is 11.3. The lowest BCUT2D eigenvalue weighted by Crippen LogP contribution is -2.16. The first-order valence-electron chi connectivity index (χ1n) is 4.40. The minimum atomic E-state index is 0.138. The Hall–Kier alpha value is -1.75. The Morgan fingerprint density at radius 3 is 2.60 bits per heavy atom. The summed E-state index contributed by atoms with van der Waals surface area (Å²) in [6, 6.07) is 5.19. The number of benzene rings is 1. The lowest BCUT2D eigenvalue weighted by Gasteiger charge is -2.10. The van der Waals surface area contributed by atoms with Gasteiger partial charge in [0.1, 0.15) is 17.2 Å². The highest BCUT2D eigenvalue weighted by Crippen LogP contribution is 2.24. The van der Waals surface area contributed by atoms with Gasteiger partial charge in [-0.15, -0.1) is 0 Å². The van der Waals surface area contributed by atoms with Crippen LogP contribution in [0.15, 0.2) is 23.4 Å². The molecule has 0 bridgehead atoms. The fourth-order valence-corrected chi connectivity index (χ4v) is 1.24. The molecular weight excluding hydrogens is 196 g/mol. The van der Waals surface area contributed by atoms with E-state index in [2.05, 4.69) is 5.16 Å². The monoisotopic (exact) mass is 210 g/mol. The van der Waals surface area contributed by atoms with E-state index >= 15 is 0 Å². The van der Waals surface area contributed by atoms with Crippen LogP contribution >= 0.6 is 0 Å². The summed E-state index contributed by atoms with van der Waals surface area (Å²) in [5.74, 6) is 1.23. The lowest BCUT2D eigenvalue weighted by molar-refractivity contribution is 0.318. The Morgan fingerprint density at radius 2 is 2.13 bits per heavy atom. The van der Waals surface area contributed by atoms with Crippen LogP contribution in [0, 0.1) is 0 Å². The summed E-state index contributed by atoms with van der Waals surface area (Å²) < 4.78 is 10.2. The topological polar surface area (TPSA) is 77.1 Å². The van der Waals surface area contributed by atoms with Crippen LogP contribution in [0.5, 0.6) is 11.5 Å². The van der Waals surface area contributed by atoms with Crippen molar-refractivity contribution in [2.75, 3.05) is 20.8 Å². The molecule has 15 heavy (non-hydrogen) atoms. The van der Waals surface area contributed by atoms with Crippen molar-refractivity contribution in [1.29, 1.82) is 0 Å². The van der Waals surface area contributed by atoms with Gasteiger partial charge in [-0.3, -0.25) is 0 Å². The highest BCUT2D eigenvalue weighted by Gasteiger charge is 2.10. The summed E-state index contributed by atoms with van der Waals surface area (Å²) in [6.45, 7) is 0.138. The van der Waals surface area contributed by atoms with Gasteiger partial charge in [0.25, 0.3) is 0 Å². The summed E-state index contributed by atoms with van der Waals surface area (Å²) in [5, 5.41) is 11.9. The van der Waals surface area contributed by atoms with Crippen molar-refractivity contribution < 1.29 is 14.7 Å². The SMILES string of the molecule is COc1ccc(/C(CN)=N/O)c(OC)c1. The molecule has 0 fully saturated rings. The summed E-state index contributed by atoms with van der Waals surface area (Å²) in [5.41, 5.74) is 6.46. The van der Waals surface area contributed by atoms with Crippen molar-refractivity contribution in [3.63, 3.8) is 0 Å². The molecule has 0 saturated heterocycles. The van der Waals surface area contributed by atoms with Gasteiger partial charge in [-0.2, -0.15) is 0 Å². The minimum Gasteiger partial charge on any atom is -0.497 e. The predicted molar refractivity (Wildman–Crippen MR) is 56.9 cm³/mol. The number of nitrogens with two attached hydrogens (primary N) is 1. The van der Waals surface area contributed by atoms with Crippen molar-refractivity contribution in [3.05, 3.63) is 23.8 Å². The van der Waals surface area contributed by atoms with Gasteiger partial charge in [0.2, 0.25) is 0 Å². The molecule has 0 heterocycles. The average molecular weight is 210 g/mol. The van der Waals surface area contributed by atoms with Crippen molar-refractivity contribution in [2.45, 2.75) is 0 Å². The van der Waals surface area contributed by atoms with Gasteiger partial charge < -0.3 is 20.4 Å². The van der Waals surface area contributed by atoms with Crippen molar-refractivity contribution in [3.8, 4) is 11.5 Å². The third kappa shape index (κ3) is 2.38. The Balaban J connectivity index is 3.18. The third-order valence-corrected chi connectivity index (χ3v) is 2.03. The molecule has 1 aromatic carbocycles. The second-order valence-corrected chi connectivity index (χ2v) is 2.82. The molecule has 3 N–H and O–H groups in total. The van der Waals surface area contributed by atoms with Gasteiger partial charge in [-0.05, 0) is 12.1 Å². The van der Waals surface area contributed by atoms with Gasteiger partial charge in [0, 0.05) is 18.2 Å². The molecule has 0 aliphatic carbocycles. The van der Waals surface area contributed by atoms with Gasteiger partial charge in [0.15, 0.2) is 0 Å². The van der Waals surface area contributed by atoms with E-state index in [9.17, 15) is 0 Å². The van der Waals surface area contributed by atoms with Crippen molar-refractivity contribution >= 4 is 5.71 Å². The molecule has 5 heteroatoms. The smallest absolute Gasteiger partial charge is 0.131 e. The summed E-state index contributed by atoms with van der Waals surface area (Å²) in [4.78, 5) is 0. The van der Waals surface area contributed by atoms with E-state index in [1.807, 2.05) is 0 Å². The molecule has 0 aromatic heterocycles. The Morgan fingerprint density at radius 1 is 1.40 bits per heavy atom. The maximum atomic E-state index is 8.75. The van der Waals surface area contributed by atoms with Crippen molar-refractivity contribution in [1.82, 2.24) is 0 Å². The largest absolute Gasteiger partial charge is 0.497 e. The van der Waals surface area contributed by atoms with E-state index in [0.717, 1.165) is 0 Å². The Labute approximate surface area is 88.1 Å². The van der Waals surface area contributed by atoms with E-state index in [-0.39, 0.29) is 6.54 Å². The van der Waals surface area contributed by atoms with E-state index in [0.29, 0.717) is 22.8 Å². The number of rotatable bonds is 4. The number of hydrogen-bond acceptors (Lipinski definition) is 5. The molecule has 5 nitrogen and oxygen atoms in total. The van der Waals surface area contributed by atoms with Crippen molar-refractivity contribution in [2.24, 2.45) is 10.9 Å². The summed E-state index contributed by atoms with van der Waals surface area (Å²) in [7, 11) is 3.10. The van der Waals surface area contributed by atoms with E-state index in [4.69, 9.17) is 20.4 Å². The van der Waals surface area contributed by atoms with Crippen LogP contribution in [0.25, 0.3) is 0 Å². The fraction of sp³-hybridized carbons (Fsp3) is 0.300. The van der Waals surface area contributed by atoms with Crippen LogP contribution in [-0.2, 0) is 0 Å². The molecule has 0 aliphatic heterocycles. The third-order valence-electron chi connectivity index (χ3n) is 2.03. The summed E-state index contributed by atoms with van der Waals surface area (Å²) in [6.07, 6.45) is 0. The van der Waals surface area contributed by atoms with Crippen LogP contribution < -0.4 is 15.2 Å². The van der Waals surface area contributed by atoms with Crippen LogP contribution in [0.3, 0.4) is 0 Å². The maximum Gasteiger partial charge on any atom is 0.131 e. The Kier molecular flexibility index (Phi) is 3.93. The van der Waals surface area contributed by atoms with Crippen LogP contribution in [-0.4, -0.2) is 31.7 Å². The molecule has 0 spiro atoms. The number of oxime groups is 1. The molecule has 0 aliphatic rings. The standard InChI is InChI=1S/C10H14N2O3/c1-14-7-3-4-8(9(6-11)12-13)10(5-7)15-2/h3-5,13H,6,11H2,1-2H3/b12-9+. The first-order valence-corrected chi connectivity index (χ1v) is 4.40. The molecule has 0 radical (unpaired) electrons. The number of hydrogen-bond donors (Lipinski definition) is 2. The molecule has 82 valence electrons. The van der Waals surface area contributed by atoms with E-state index < -0.39 is 0 Å². The number of methoxy groups -OCH3 is 2. The van der Waals surface area contributed by atoms with E-state index in [1.165, 1.54) is 7.11 Å². The van der Waals surface area contributed by atoms with Gasteiger partial charge >= 0.3 is 0 Å². The maximum absolute atomic E-state index is 8.75. The first kappa shape index (κ1) is 11.3. The van der Waals surface area contributed by atoms with Gasteiger partial charge in [0.05, 0.1) is 14.2 Å². The second-order valence-electron chi connectivity index (χ2n) is 2.82. The zero-order chi connectivity index (χ0) is 11.3. The van der Waals surface area contributed by atoms with Crippen LogP contribution in [0.1, 0.15) is 5.56 Å². The first-order chi connectivity index (χ1) is 7.26. The molecule has 0 atom stereocenters. The Bertz CT molecular complexity index is 364. The van der Waals surface area contributed by atoms with Gasteiger partial charge in [-0.25, -0.2) is 0 Å². The molecular formula is C10H14N2O3. The second kappa shape index (κ2) is 5.21. The lowest BCUT2D eigenvalue weighted by atomic mass is 10.1. The summed E-state index contributed by atoms with van der Waals surface area (Å²) >= 11 is 0. The molecule has 0 amide bonds. The molecule has 1 aromatic rings. The minimum absolute atomic E-state index is 0.138. The molecule has 0 saturated carbocycles. The van der Waals surface area contributed by atoms with E-state index in [1.54, 1.807) is 25.3 Å².